The largest absolute Gasteiger partial charge is 0.489 e. The molecular formula is C18H14F7NO2. The van der Waals surface area contributed by atoms with Crippen LogP contribution in [-0.2, 0) is 23.8 Å². The minimum absolute atomic E-state index is 0.00831. The molecule has 28 heavy (non-hydrogen) atoms. The number of benzene rings is 2. The maximum atomic E-state index is 13.9. The van der Waals surface area contributed by atoms with E-state index in [9.17, 15) is 35.5 Å². The maximum absolute atomic E-state index is 13.9. The van der Waals surface area contributed by atoms with Crippen LogP contribution in [0.4, 0.5) is 36.4 Å². The van der Waals surface area contributed by atoms with E-state index in [2.05, 4.69) is 5.32 Å². The van der Waals surface area contributed by atoms with Crippen LogP contribution in [0.2, 0.25) is 0 Å². The van der Waals surface area contributed by atoms with E-state index in [0.29, 0.717) is 12.1 Å². The molecule has 1 N–H and O–H groups in total. The summed E-state index contributed by atoms with van der Waals surface area (Å²) in [5.74, 6) is -1.42. The van der Waals surface area contributed by atoms with Crippen molar-refractivity contribution in [1.82, 2.24) is 0 Å². The molecule has 0 heterocycles. The van der Waals surface area contributed by atoms with Gasteiger partial charge in [0.1, 0.15) is 18.2 Å². The van der Waals surface area contributed by atoms with E-state index < -0.39 is 41.8 Å². The predicted molar refractivity (Wildman–Crippen MR) is 86.1 cm³/mol. The summed E-state index contributed by atoms with van der Waals surface area (Å²) in [6.45, 7) is 0.919. The smallest absolute Gasteiger partial charge is 0.416 e. The van der Waals surface area contributed by atoms with Gasteiger partial charge >= 0.3 is 12.4 Å². The van der Waals surface area contributed by atoms with Crippen LogP contribution < -0.4 is 10.1 Å². The molecule has 0 aliphatic carbocycles. The van der Waals surface area contributed by atoms with Crippen LogP contribution in [0.5, 0.6) is 5.75 Å². The molecule has 2 rings (SSSR count). The highest BCUT2D eigenvalue weighted by molar-refractivity contribution is 5.90. The van der Waals surface area contributed by atoms with Gasteiger partial charge in [-0.2, -0.15) is 26.3 Å². The molecule has 0 spiro atoms. The fraction of sp³-hybridized carbons (Fsp3) is 0.278. The van der Waals surface area contributed by atoms with Gasteiger partial charge in [0, 0.05) is 12.5 Å². The molecule has 0 aliphatic heterocycles. The topological polar surface area (TPSA) is 38.3 Å². The van der Waals surface area contributed by atoms with Crippen LogP contribution in [0.1, 0.15) is 30.0 Å². The summed E-state index contributed by atoms with van der Waals surface area (Å²) in [5.41, 5.74) is -3.45. The van der Waals surface area contributed by atoms with Crippen molar-refractivity contribution < 1.29 is 40.3 Å². The van der Waals surface area contributed by atoms with Crippen molar-refractivity contribution in [1.29, 1.82) is 0 Å². The molecule has 0 atom stereocenters. The molecule has 0 radical (unpaired) electrons. The highest BCUT2D eigenvalue weighted by Crippen LogP contribution is 2.36. The Labute approximate surface area is 155 Å². The number of alkyl halides is 6. The van der Waals surface area contributed by atoms with Crippen LogP contribution in [0, 0.1) is 5.82 Å². The molecule has 152 valence electrons. The number of anilines is 1. The van der Waals surface area contributed by atoms with Gasteiger partial charge in [0.25, 0.3) is 0 Å². The van der Waals surface area contributed by atoms with E-state index in [4.69, 9.17) is 4.74 Å². The van der Waals surface area contributed by atoms with E-state index in [1.807, 2.05) is 0 Å². The summed E-state index contributed by atoms with van der Waals surface area (Å²) in [6.07, 6.45) is -9.82. The van der Waals surface area contributed by atoms with E-state index in [1.54, 1.807) is 6.92 Å². The van der Waals surface area contributed by atoms with Crippen molar-refractivity contribution in [2.45, 2.75) is 32.3 Å². The van der Waals surface area contributed by atoms with Crippen molar-refractivity contribution in [2.24, 2.45) is 0 Å². The number of ether oxygens (including phenoxy) is 1. The number of rotatable bonds is 5. The Kier molecular flexibility index (Phi) is 6.20. The molecule has 0 bridgehead atoms. The Hall–Kier alpha value is -2.78. The lowest BCUT2D eigenvalue weighted by Crippen LogP contribution is -2.12. The Morgan fingerprint density at radius 1 is 0.964 bits per heavy atom. The second-order valence-corrected chi connectivity index (χ2v) is 5.75. The van der Waals surface area contributed by atoms with Gasteiger partial charge in [-0.25, -0.2) is 4.39 Å². The van der Waals surface area contributed by atoms with Gasteiger partial charge in [0.15, 0.2) is 0 Å². The molecule has 0 saturated heterocycles. The van der Waals surface area contributed by atoms with Gasteiger partial charge in [-0.1, -0.05) is 6.92 Å². The van der Waals surface area contributed by atoms with Crippen LogP contribution >= 0.6 is 0 Å². The number of hydrogen-bond acceptors (Lipinski definition) is 2. The van der Waals surface area contributed by atoms with Crippen molar-refractivity contribution in [3.63, 3.8) is 0 Å². The van der Waals surface area contributed by atoms with Gasteiger partial charge in [0.05, 0.1) is 16.8 Å². The minimum Gasteiger partial charge on any atom is -0.489 e. The highest BCUT2D eigenvalue weighted by Gasteiger charge is 2.36. The van der Waals surface area contributed by atoms with Gasteiger partial charge in [-0.05, 0) is 35.9 Å². The first-order valence-corrected chi connectivity index (χ1v) is 7.90. The zero-order valence-corrected chi connectivity index (χ0v) is 14.3. The summed E-state index contributed by atoms with van der Waals surface area (Å²) < 4.78 is 96.1. The molecule has 3 nitrogen and oxygen atoms in total. The zero-order chi connectivity index (χ0) is 21.1. The number of amides is 1. The van der Waals surface area contributed by atoms with Crippen LogP contribution in [-0.4, -0.2) is 5.91 Å². The zero-order valence-electron chi connectivity index (χ0n) is 14.3. The molecule has 0 aromatic heterocycles. The number of halogens is 7. The van der Waals surface area contributed by atoms with E-state index in [1.165, 1.54) is 12.1 Å². The van der Waals surface area contributed by atoms with Crippen molar-refractivity contribution in [3.05, 3.63) is 58.9 Å². The first kappa shape index (κ1) is 21.5. The molecule has 0 unspecified atom stereocenters. The SMILES string of the molecule is CCC(=O)Nc1ccc(OCc2cc(C(F)(F)F)cc(C(F)(F)F)c2)cc1F. The normalized spacial score (nSPS) is 12.0. The van der Waals surface area contributed by atoms with Crippen molar-refractivity contribution in [3.8, 4) is 5.75 Å². The third-order valence-corrected chi connectivity index (χ3v) is 3.59. The summed E-state index contributed by atoms with van der Waals surface area (Å²) in [5, 5.41) is 2.29. The molecule has 2 aromatic rings. The summed E-state index contributed by atoms with van der Waals surface area (Å²) >= 11 is 0. The number of carbonyl (C=O) groups excluding carboxylic acids is 1. The van der Waals surface area contributed by atoms with E-state index in [-0.39, 0.29) is 29.5 Å². The van der Waals surface area contributed by atoms with Gasteiger partial charge in [-0.3, -0.25) is 4.79 Å². The summed E-state index contributed by atoms with van der Waals surface area (Å²) in [6, 6.07) is 4.33. The first-order chi connectivity index (χ1) is 12.9. The van der Waals surface area contributed by atoms with E-state index in [0.717, 1.165) is 6.07 Å². The second-order valence-electron chi connectivity index (χ2n) is 5.75. The second kappa shape index (κ2) is 8.07. The van der Waals surface area contributed by atoms with Crippen LogP contribution in [0.15, 0.2) is 36.4 Å². The number of hydrogen-bond donors (Lipinski definition) is 1. The summed E-state index contributed by atoms with van der Waals surface area (Å²) in [4.78, 5) is 11.3. The van der Waals surface area contributed by atoms with Gasteiger partial charge in [0.2, 0.25) is 5.91 Å². The first-order valence-electron chi connectivity index (χ1n) is 7.90. The molecule has 2 aromatic carbocycles. The predicted octanol–water partition coefficient (Wildman–Crippen LogP) is 5.79. The Balaban J connectivity index is 2.22. The fourth-order valence-corrected chi connectivity index (χ4v) is 2.19. The third-order valence-electron chi connectivity index (χ3n) is 3.59. The monoisotopic (exact) mass is 409 g/mol. The number of nitrogens with one attached hydrogen (secondary N) is 1. The molecule has 0 fully saturated rings. The lowest BCUT2D eigenvalue weighted by atomic mass is 10.1. The quantitative estimate of drug-likeness (QED) is 0.635. The number of carbonyl (C=O) groups is 1. The Bertz CT molecular complexity index is 828. The maximum Gasteiger partial charge on any atom is 0.416 e. The third kappa shape index (κ3) is 5.61. The van der Waals surface area contributed by atoms with Crippen LogP contribution in [0.25, 0.3) is 0 Å². The standard InChI is InChI=1S/C18H14F7NO2/c1-2-16(27)26-15-4-3-13(8-14(15)19)28-9-10-5-11(17(20,21)22)7-12(6-10)18(23,24)25/h3-8H,2,9H2,1H3,(H,26,27). The average molecular weight is 409 g/mol. The van der Waals surface area contributed by atoms with E-state index >= 15 is 0 Å². The molecule has 10 heteroatoms. The van der Waals surface area contributed by atoms with Crippen molar-refractivity contribution >= 4 is 11.6 Å². The van der Waals surface area contributed by atoms with Crippen molar-refractivity contribution in [2.75, 3.05) is 5.32 Å². The molecule has 0 saturated carbocycles. The van der Waals surface area contributed by atoms with Crippen LogP contribution in [0.3, 0.4) is 0 Å². The lowest BCUT2D eigenvalue weighted by molar-refractivity contribution is -0.143. The Morgan fingerprint density at radius 2 is 1.54 bits per heavy atom. The van der Waals surface area contributed by atoms with Gasteiger partial charge < -0.3 is 10.1 Å². The highest BCUT2D eigenvalue weighted by atomic mass is 19.4. The minimum atomic E-state index is -4.97. The molecule has 1 amide bonds. The van der Waals surface area contributed by atoms with Gasteiger partial charge in [-0.15, -0.1) is 0 Å². The Morgan fingerprint density at radius 3 is 2.00 bits per heavy atom. The molecular weight excluding hydrogens is 395 g/mol. The fourth-order valence-electron chi connectivity index (χ4n) is 2.19. The molecule has 0 aliphatic rings. The lowest BCUT2D eigenvalue weighted by Gasteiger charge is -2.15. The summed E-state index contributed by atoms with van der Waals surface area (Å²) in [7, 11) is 0. The average Bonchev–Trinajstić information content (AvgIpc) is 2.60.